The summed E-state index contributed by atoms with van der Waals surface area (Å²) < 4.78 is 40.5. The Balaban J connectivity index is 1.68. The Morgan fingerprint density at radius 1 is 1.20 bits per heavy atom. The number of halogens is 3. The van der Waals surface area contributed by atoms with Crippen molar-refractivity contribution in [1.29, 1.82) is 0 Å². The van der Waals surface area contributed by atoms with E-state index >= 15 is 0 Å². The first-order valence-electron chi connectivity index (χ1n) is 9.01. The fraction of sp³-hybridized carbons (Fsp3) is 0.333. The minimum Gasteiger partial charge on any atom is -0.465 e. The standard InChI is InChI=1S/C18H17F3N6O3/c19-18(20,21)10-1-2-14-23-6-13(27(14)7-10)16-22-4-3-15(25-16)26-8-11(24-17(29)30)5-12(28)9-26/h1-4,6-7,11-12,24,28H,5,8-9H2,(H,29,30)/t11-,12-/m0/s1. The second kappa shape index (κ2) is 7.44. The highest BCUT2D eigenvalue weighted by atomic mass is 19.4. The fourth-order valence-corrected chi connectivity index (χ4v) is 3.50. The molecule has 1 aliphatic rings. The number of nitrogens with one attached hydrogen (secondary N) is 1. The molecule has 1 fully saturated rings. The first-order valence-corrected chi connectivity index (χ1v) is 9.01. The molecule has 0 aromatic carbocycles. The number of aromatic nitrogens is 4. The molecule has 0 spiro atoms. The molecule has 0 aliphatic carbocycles. The molecule has 0 saturated carbocycles. The van der Waals surface area contributed by atoms with Gasteiger partial charge in [-0.1, -0.05) is 0 Å². The zero-order valence-electron chi connectivity index (χ0n) is 15.4. The summed E-state index contributed by atoms with van der Waals surface area (Å²) in [5.74, 6) is 0.569. The lowest BCUT2D eigenvalue weighted by Gasteiger charge is -2.36. The van der Waals surface area contributed by atoms with E-state index in [1.54, 1.807) is 11.0 Å². The molecule has 3 N–H and O–H groups in total. The maximum atomic E-state index is 13.1. The topological polar surface area (TPSA) is 116 Å². The Kier molecular flexibility index (Phi) is 4.94. The van der Waals surface area contributed by atoms with E-state index in [-0.39, 0.29) is 31.0 Å². The number of hydrogen-bond donors (Lipinski definition) is 3. The molecule has 0 radical (unpaired) electrons. The number of alkyl halides is 3. The number of anilines is 1. The lowest BCUT2D eigenvalue weighted by molar-refractivity contribution is -0.137. The number of fused-ring (bicyclic) bond motifs is 1. The summed E-state index contributed by atoms with van der Waals surface area (Å²) in [6, 6.07) is 3.31. The predicted octanol–water partition coefficient (Wildman–Crippen LogP) is 2.02. The fourth-order valence-electron chi connectivity index (χ4n) is 3.50. The van der Waals surface area contributed by atoms with Gasteiger partial charge >= 0.3 is 12.3 Å². The van der Waals surface area contributed by atoms with Crippen LogP contribution in [0.2, 0.25) is 0 Å². The van der Waals surface area contributed by atoms with Crippen molar-refractivity contribution in [3.8, 4) is 11.5 Å². The number of amides is 1. The van der Waals surface area contributed by atoms with E-state index in [1.165, 1.54) is 22.9 Å². The number of piperidine rings is 1. The third-order valence-corrected chi connectivity index (χ3v) is 4.78. The molecule has 0 bridgehead atoms. The second-order valence-electron chi connectivity index (χ2n) is 6.97. The van der Waals surface area contributed by atoms with E-state index in [0.717, 1.165) is 12.3 Å². The van der Waals surface area contributed by atoms with Crippen LogP contribution in [0.4, 0.5) is 23.8 Å². The SMILES string of the molecule is O=C(O)N[C@H]1C[C@H](O)CN(c2ccnc(-c3cnc4ccc(C(F)(F)F)cn34)n2)C1. The lowest BCUT2D eigenvalue weighted by atomic mass is 10.0. The monoisotopic (exact) mass is 422 g/mol. The van der Waals surface area contributed by atoms with Gasteiger partial charge in [0.25, 0.3) is 0 Å². The number of aliphatic hydroxyl groups excluding tert-OH is 1. The molecule has 4 rings (SSSR count). The largest absolute Gasteiger partial charge is 0.465 e. The zero-order chi connectivity index (χ0) is 21.5. The molecule has 3 aromatic rings. The summed E-state index contributed by atoms with van der Waals surface area (Å²) in [5.41, 5.74) is -0.242. The first kappa shape index (κ1) is 19.9. The van der Waals surface area contributed by atoms with E-state index < -0.39 is 30.0 Å². The van der Waals surface area contributed by atoms with Gasteiger partial charge in [-0.15, -0.1) is 0 Å². The number of β-amino-alcohol motifs (C(OH)–C–C–N with tert-alkyl or cyclic N) is 1. The van der Waals surface area contributed by atoms with Gasteiger partial charge in [0, 0.05) is 25.5 Å². The molecule has 1 aliphatic heterocycles. The van der Waals surface area contributed by atoms with Crippen LogP contribution in [0.3, 0.4) is 0 Å². The zero-order valence-corrected chi connectivity index (χ0v) is 15.4. The summed E-state index contributed by atoms with van der Waals surface area (Å²) in [7, 11) is 0. The number of rotatable bonds is 3. The van der Waals surface area contributed by atoms with Crippen LogP contribution in [-0.4, -0.2) is 60.9 Å². The summed E-state index contributed by atoms with van der Waals surface area (Å²) in [5, 5.41) is 21.4. The molecule has 3 aromatic heterocycles. The van der Waals surface area contributed by atoms with Gasteiger partial charge in [0.2, 0.25) is 0 Å². The van der Waals surface area contributed by atoms with Gasteiger partial charge in [-0.2, -0.15) is 13.2 Å². The minimum atomic E-state index is -4.51. The summed E-state index contributed by atoms with van der Waals surface area (Å²) in [4.78, 5) is 25.3. The average Bonchev–Trinajstić information content (AvgIpc) is 3.10. The normalized spacial score (nSPS) is 19.8. The van der Waals surface area contributed by atoms with E-state index in [0.29, 0.717) is 11.5 Å². The first-order chi connectivity index (χ1) is 14.2. The molecular formula is C18H17F3N6O3. The molecule has 4 heterocycles. The summed E-state index contributed by atoms with van der Waals surface area (Å²) in [6.45, 7) is 0.519. The number of pyridine rings is 1. The predicted molar refractivity (Wildman–Crippen MR) is 99.0 cm³/mol. The highest BCUT2D eigenvalue weighted by Gasteiger charge is 2.31. The van der Waals surface area contributed by atoms with Gasteiger partial charge in [-0.3, -0.25) is 4.40 Å². The van der Waals surface area contributed by atoms with Crippen LogP contribution >= 0.6 is 0 Å². The van der Waals surface area contributed by atoms with Crippen LogP contribution in [0, 0.1) is 0 Å². The molecule has 12 heteroatoms. The number of carboxylic acid groups (broad SMARTS) is 1. The second-order valence-corrected chi connectivity index (χ2v) is 6.97. The van der Waals surface area contributed by atoms with Gasteiger partial charge < -0.3 is 20.4 Å². The van der Waals surface area contributed by atoms with Crippen molar-refractivity contribution in [2.75, 3.05) is 18.0 Å². The van der Waals surface area contributed by atoms with Gasteiger partial charge in [0.05, 0.1) is 23.9 Å². The number of aliphatic hydroxyl groups is 1. The summed E-state index contributed by atoms with van der Waals surface area (Å²) in [6.07, 6.45) is -2.42. The third-order valence-electron chi connectivity index (χ3n) is 4.78. The summed E-state index contributed by atoms with van der Waals surface area (Å²) >= 11 is 0. The molecule has 9 nitrogen and oxygen atoms in total. The minimum absolute atomic E-state index is 0.155. The van der Waals surface area contributed by atoms with Crippen molar-refractivity contribution in [3.05, 3.63) is 42.4 Å². The Hall–Kier alpha value is -3.41. The third kappa shape index (κ3) is 3.99. The van der Waals surface area contributed by atoms with Crippen molar-refractivity contribution < 1.29 is 28.2 Å². The number of nitrogens with zero attached hydrogens (tertiary/aromatic N) is 5. The van der Waals surface area contributed by atoms with Gasteiger partial charge in [-0.25, -0.2) is 19.7 Å². The van der Waals surface area contributed by atoms with Crippen LogP contribution in [0.1, 0.15) is 12.0 Å². The van der Waals surface area contributed by atoms with Crippen molar-refractivity contribution in [2.24, 2.45) is 0 Å². The Labute approximate surface area is 167 Å². The number of imidazole rings is 1. The van der Waals surface area contributed by atoms with Crippen molar-refractivity contribution in [1.82, 2.24) is 24.7 Å². The highest BCUT2D eigenvalue weighted by Crippen LogP contribution is 2.30. The van der Waals surface area contributed by atoms with E-state index in [2.05, 4.69) is 20.3 Å². The van der Waals surface area contributed by atoms with Crippen LogP contribution in [0.25, 0.3) is 17.2 Å². The van der Waals surface area contributed by atoms with Crippen LogP contribution < -0.4 is 10.2 Å². The molecule has 1 amide bonds. The lowest BCUT2D eigenvalue weighted by Crippen LogP contribution is -2.52. The number of carbonyl (C=O) groups is 1. The molecule has 158 valence electrons. The van der Waals surface area contributed by atoms with Crippen LogP contribution in [-0.2, 0) is 6.18 Å². The number of hydrogen-bond acceptors (Lipinski definition) is 6. The smallest absolute Gasteiger partial charge is 0.417 e. The Morgan fingerprint density at radius 3 is 2.73 bits per heavy atom. The molecule has 30 heavy (non-hydrogen) atoms. The van der Waals surface area contributed by atoms with E-state index in [4.69, 9.17) is 5.11 Å². The van der Waals surface area contributed by atoms with Gasteiger partial charge in [0.1, 0.15) is 17.2 Å². The Bertz CT molecular complexity index is 1090. The maximum absolute atomic E-state index is 13.1. The quantitative estimate of drug-likeness (QED) is 0.591. The molecule has 0 unspecified atom stereocenters. The molecule has 1 saturated heterocycles. The Morgan fingerprint density at radius 2 is 2.00 bits per heavy atom. The average molecular weight is 422 g/mol. The van der Waals surface area contributed by atoms with Crippen LogP contribution in [0.15, 0.2) is 36.8 Å². The van der Waals surface area contributed by atoms with Crippen molar-refractivity contribution in [2.45, 2.75) is 24.7 Å². The van der Waals surface area contributed by atoms with Crippen molar-refractivity contribution >= 4 is 17.6 Å². The molecule has 2 atom stereocenters. The van der Waals surface area contributed by atoms with E-state index in [9.17, 15) is 23.1 Å². The van der Waals surface area contributed by atoms with Gasteiger partial charge in [-0.05, 0) is 24.6 Å². The van der Waals surface area contributed by atoms with Crippen molar-refractivity contribution in [3.63, 3.8) is 0 Å². The maximum Gasteiger partial charge on any atom is 0.417 e. The molecular weight excluding hydrogens is 405 g/mol. The highest BCUT2D eigenvalue weighted by molar-refractivity contribution is 5.65. The van der Waals surface area contributed by atoms with Crippen LogP contribution in [0.5, 0.6) is 0 Å². The van der Waals surface area contributed by atoms with Gasteiger partial charge in [0.15, 0.2) is 5.82 Å². The van der Waals surface area contributed by atoms with E-state index in [1.807, 2.05) is 0 Å².